The molecule has 0 bridgehead atoms. The molecule has 110 valence electrons. The summed E-state index contributed by atoms with van der Waals surface area (Å²) in [7, 11) is 0. The minimum absolute atomic E-state index is 0.194. The number of fused-ring (bicyclic) bond motifs is 3. The van der Waals surface area contributed by atoms with Gasteiger partial charge in [-0.2, -0.15) is 10.5 Å². The molecule has 23 heavy (non-hydrogen) atoms. The molecular formula is C21H16N2. The highest BCUT2D eigenvalue weighted by Crippen LogP contribution is 2.52. The second-order valence-corrected chi connectivity index (χ2v) is 6.49. The van der Waals surface area contributed by atoms with Crippen LogP contribution in [0.3, 0.4) is 0 Å². The van der Waals surface area contributed by atoms with E-state index in [4.69, 9.17) is 0 Å². The van der Waals surface area contributed by atoms with Gasteiger partial charge < -0.3 is 0 Å². The first-order valence-corrected chi connectivity index (χ1v) is 7.95. The summed E-state index contributed by atoms with van der Waals surface area (Å²) in [4.78, 5) is 0. The van der Waals surface area contributed by atoms with Crippen LogP contribution in [0.5, 0.6) is 0 Å². The Kier molecular flexibility index (Phi) is 3.07. The smallest absolute Gasteiger partial charge is 0.0994 e. The summed E-state index contributed by atoms with van der Waals surface area (Å²) in [5, 5.41) is 19.1. The van der Waals surface area contributed by atoms with Crippen LogP contribution in [-0.2, 0) is 0 Å². The molecule has 2 aromatic carbocycles. The molecule has 0 heterocycles. The Morgan fingerprint density at radius 2 is 1.52 bits per heavy atom. The average Bonchev–Trinajstić information content (AvgIpc) is 2.55. The Balaban J connectivity index is 1.97. The van der Waals surface area contributed by atoms with Gasteiger partial charge in [-0.1, -0.05) is 42.0 Å². The molecule has 3 atom stereocenters. The third-order valence-corrected chi connectivity index (χ3v) is 5.22. The number of allylic oxidation sites excluding steroid dienone is 2. The summed E-state index contributed by atoms with van der Waals surface area (Å²) in [5.74, 6) is 0.976. The molecule has 0 N–H and O–H groups in total. The summed E-state index contributed by atoms with van der Waals surface area (Å²) >= 11 is 0. The van der Waals surface area contributed by atoms with Gasteiger partial charge in [0, 0.05) is 11.8 Å². The van der Waals surface area contributed by atoms with Crippen molar-refractivity contribution in [2.24, 2.45) is 5.92 Å². The average molecular weight is 296 g/mol. The van der Waals surface area contributed by atoms with Gasteiger partial charge in [0.05, 0.1) is 23.3 Å². The highest BCUT2D eigenvalue weighted by atomic mass is 14.4. The van der Waals surface area contributed by atoms with E-state index in [2.05, 4.69) is 55.5 Å². The highest BCUT2D eigenvalue weighted by molar-refractivity contribution is 5.60. The van der Waals surface area contributed by atoms with Gasteiger partial charge in [0.2, 0.25) is 0 Å². The number of hydrogen-bond acceptors (Lipinski definition) is 2. The minimum atomic E-state index is 0.194. The summed E-state index contributed by atoms with van der Waals surface area (Å²) in [6.07, 6.45) is 5.44. The molecule has 0 aliphatic heterocycles. The standard InChI is InChI=1S/C21H16N2/c1-13-2-4-14(5-3-13)19-10-15-8-9-18(15)20-16(11-22)6-7-17(12-23)21(19)20/h2-9,15,18-19H,10H2,1H3. The maximum Gasteiger partial charge on any atom is 0.0994 e. The van der Waals surface area contributed by atoms with Gasteiger partial charge in [-0.3, -0.25) is 0 Å². The Hall–Kier alpha value is -2.84. The van der Waals surface area contributed by atoms with Crippen molar-refractivity contribution in [1.82, 2.24) is 0 Å². The van der Waals surface area contributed by atoms with Crippen molar-refractivity contribution >= 4 is 0 Å². The molecule has 0 fully saturated rings. The first-order chi connectivity index (χ1) is 11.2. The summed E-state index contributed by atoms with van der Waals surface area (Å²) in [6.45, 7) is 2.08. The molecular weight excluding hydrogens is 280 g/mol. The number of aryl methyl sites for hydroxylation is 1. The lowest BCUT2D eigenvalue weighted by Crippen LogP contribution is -2.29. The molecule has 2 heteroatoms. The summed E-state index contributed by atoms with van der Waals surface area (Å²) in [5.41, 5.74) is 6.05. The van der Waals surface area contributed by atoms with E-state index in [-0.39, 0.29) is 5.92 Å². The van der Waals surface area contributed by atoms with E-state index >= 15 is 0 Å². The zero-order chi connectivity index (χ0) is 16.0. The molecule has 0 spiro atoms. The van der Waals surface area contributed by atoms with Crippen LogP contribution in [0.15, 0.2) is 48.6 Å². The monoisotopic (exact) mass is 296 g/mol. The van der Waals surface area contributed by atoms with Crippen molar-refractivity contribution in [1.29, 1.82) is 10.5 Å². The zero-order valence-corrected chi connectivity index (χ0v) is 13.0. The lowest BCUT2D eigenvalue weighted by molar-refractivity contribution is 0.429. The third kappa shape index (κ3) is 2.00. The van der Waals surface area contributed by atoms with Crippen LogP contribution in [0, 0.1) is 35.5 Å². The third-order valence-electron chi connectivity index (χ3n) is 5.22. The molecule has 0 saturated heterocycles. The van der Waals surface area contributed by atoms with E-state index in [1.54, 1.807) is 12.1 Å². The van der Waals surface area contributed by atoms with Crippen molar-refractivity contribution in [2.75, 3.05) is 0 Å². The number of rotatable bonds is 1. The maximum atomic E-state index is 9.59. The fourth-order valence-corrected chi connectivity index (χ4v) is 3.97. The van der Waals surface area contributed by atoms with Crippen LogP contribution >= 0.6 is 0 Å². The highest BCUT2D eigenvalue weighted by Gasteiger charge is 2.40. The van der Waals surface area contributed by atoms with Gasteiger partial charge in [-0.25, -0.2) is 0 Å². The quantitative estimate of drug-likeness (QED) is 0.725. The van der Waals surface area contributed by atoms with Crippen molar-refractivity contribution in [3.8, 4) is 12.1 Å². The van der Waals surface area contributed by atoms with Gasteiger partial charge in [-0.15, -0.1) is 0 Å². The van der Waals surface area contributed by atoms with E-state index < -0.39 is 0 Å². The first kappa shape index (κ1) is 13.8. The topological polar surface area (TPSA) is 47.6 Å². The van der Waals surface area contributed by atoms with Crippen LogP contribution in [0.25, 0.3) is 0 Å². The van der Waals surface area contributed by atoms with Gasteiger partial charge in [0.25, 0.3) is 0 Å². The van der Waals surface area contributed by atoms with Gasteiger partial charge >= 0.3 is 0 Å². The van der Waals surface area contributed by atoms with Crippen molar-refractivity contribution in [3.05, 3.63) is 81.9 Å². The van der Waals surface area contributed by atoms with Crippen LogP contribution in [-0.4, -0.2) is 0 Å². The van der Waals surface area contributed by atoms with Crippen molar-refractivity contribution in [3.63, 3.8) is 0 Å². The number of nitrogens with zero attached hydrogens (tertiary/aromatic N) is 2. The zero-order valence-electron chi connectivity index (χ0n) is 13.0. The van der Waals surface area contributed by atoms with E-state index in [1.807, 2.05) is 0 Å². The molecule has 2 nitrogen and oxygen atoms in total. The van der Waals surface area contributed by atoms with E-state index in [9.17, 15) is 10.5 Å². The number of nitriles is 2. The van der Waals surface area contributed by atoms with Crippen LogP contribution in [0.2, 0.25) is 0 Å². The Morgan fingerprint density at radius 1 is 0.870 bits per heavy atom. The first-order valence-electron chi connectivity index (χ1n) is 7.95. The van der Waals surface area contributed by atoms with Crippen LogP contribution in [0.4, 0.5) is 0 Å². The fraction of sp³-hybridized carbons (Fsp3) is 0.238. The maximum absolute atomic E-state index is 9.59. The normalized spacial score (nSPS) is 23.9. The van der Waals surface area contributed by atoms with Gasteiger partial charge in [0.15, 0.2) is 0 Å². The minimum Gasteiger partial charge on any atom is -0.192 e. The van der Waals surface area contributed by atoms with Crippen molar-refractivity contribution < 1.29 is 0 Å². The molecule has 4 rings (SSSR count). The van der Waals surface area contributed by atoms with Crippen molar-refractivity contribution in [2.45, 2.75) is 25.2 Å². The van der Waals surface area contributed by atoms with Gasteiger partial charge in [-0.05, 0) is 48.1 Å². The lowest BCUT2D eigenvalue weighted by atomic mass is 9.62. The molecule has 0 saturated carbocycles. The predicted octanol–water partition coefficient (Wildman–Crippen LogP) is 4.54. The lowest BCUT2D eigenvalue weighted by Gasteiger charge is -2.41. The number of benzene rings is 2. The molecule has 0 amide bonds. The van der Waals surface area contributed by atoms with Gasteiger partial charge in [0.1, 0.15) is 0 Å². The molecule has 0 radical (unpaired) electrons. The van der Waals surface area contributed by atoms with E-state index in [0.29, 0.717) is 17.4 Å². The summed E-state index contributed by atoms with van der Waals surface area (Å²) in [6, 6.07) is 16.8. The molecule has 0 aromatic heterocycles. The van der Waals surface area contributed by atoms with E-state index in [0.717, 1.165) is 23.1 Å². The van der Waals surface area contributed by atoms with Crippen LogP contribution < -0.4 is 0 Å². The largest absolute Gasteiger partial charge is 0.192 e. The fourth-order valence-electron chi connectivity index (χ4n) is 3.97. The number of hydrogen-bond donors (Lipinski definition) is 0. The summed E-state index contributed by atoms with van der Waals surface area (Å²) < 4.78 is 0. The Morgan fingerprint density at radius 3 is 2.09 bits per heavy atom. The Labute approximate surface area is 136 Å². The molecule has 2 aromatic rings. The Bertz CT molecular complexity index is 891. The SMILES string of the molecule is Cc1ccc(C2CC3C=CC3c3c(C#N)ccc(C#N)c32)cc1. The molecule has 2 aliphatic carbocycles. The second kappa shape index (κ2) is 5.11. The van der Waals surface area contributed by atoms with Crippen LogP contribution in [0.1, 0.15) is 51.6 Å². The van der Waals surface area contributed by atoms with E-state index in [1.165, 1.54) is 11.1 Å². The molecule has 3 unspecified atom stereocenters. The molecule has 2 aliphatic rings. The predicted molar refractivity (Wildman–Crippen MR) is 88.9 cm³/mol. The second-order valence-electron chi connectivity index (χ2n) is 6.49.